The number of piperidine rings is 1. The van der Waals surface area contributed by atoms with E-state index in [0.29, 0.717) is 6.04 Å². The van der Waals surface area contributed by atoms with Crippen molar-refractivity contribution in [2.24, 2.45) is 5.73 Å². The molecule has 1 unspecified atom stereocenters. The molecule has 1 aromatic carbocycles. The van der Waals surface area contributed by atoms with E-state index < -0.39 is 0 Å². The van der Waals surface area contributed by atoms with Gasteiger partial charge in [0, 0.05) is 18.6 Å². The maximum absolute atomic E-state index is 6.07. The Bertz CT molecular complexity index is 308. The van der Waals surface area contributed by atoms with Crippen molar-refractivity contribution < 1.29 is 0 Å². The highest BCUT2D eigenvalue weighted by molar-refractivity contribution is 5.14. The van der Waals surface area contributed by atoms with Crippen LogP contribution < -0.4 is 5.73 Å². The Labute approximate surface area is 98.4 Å². The highest BCUT2D eigenvalue weighted by atomic mass is 15.2. The van der Waals surface area contributed by atoms with Crippen molar-refractivity contribution in [1.29, 1.82) is 0 Å². The van der Waals surface area contributed by atoms with Crippen LogP contribution in [0.15, 0.2) is 30.3 Å². The molecule has 2 rings (SSSR count). The standard InChI is InChI=1S/C14H22N2/c1-12(15)14-9-5-6-10-16(14)11-13-7-3-2-4-8-13/h2-4,7-8,12,14H,5-6,9-11,15H2,1H3/t12-,14?/m0/s1. The Hall–Kier alpha value is -0.860. The summed E-state index contributed by atoms with van der Waals surface area (Å²) in [6.45, 7) is 4.38. The van der Waals surface area contributed by atoms with Gasteiger partial charge in [-0.05, 0) is 31.9 Å². The molecule has 1 saturated heterocycles. The Morgan fingerprint density at radius 3 is 2.75 bits per heavy atom. The Morgan fingerprint density at radius 1 is 1.31 bits per heavy atom. The zero-order chi connectivity index (χ0) is 11.4. The number of nitrogens with two attached hydrogens (primary N) is 1. The van der Waals surface area contributed by atoms with Crippen LogP contribution in [0.25, 0.3) is 0 Å². The first-order chi connectivity index (χ1) is 7.77. The number of hydrogen-bond donors (Lipinski definition) is 1. The predicted molar refractivity (Wildman–Crippen MR) is 68.1 cm³/mol. The molecule has 2 N–H and O–H groups in total. The molecule has 0 aliphatic carbocycles. The van der Waals surface area contributed by atoms with Crippen molar-refractivity contribution in [3.63, 3.8) is 0 Å². The van der Waals surface area contributed by atoms with Crippen molar-refractivity contribution in [3.05, 3.63) is 35.9 Å². The molecule has 0 aromatic heterocycles. The second-order valence-electron chi connectivity index (χ2n) is 4.88. The molecule has 2 nitrogen and oxygen atoms in total. The molecule has 2 heteroatoms. The first-order valence-electron chi connectivity index (χ1n) is 6.31. The fourth-order valence-corrected chi connectivity index (χ4v) is 2.63. The van der Waals surface area contributed by atoms with Crippen molar-refractivity contribution in [2.45, 2.75) is 44.8 Å². The lowest BCUT2D eigenvalue weighted by Gasteiger charge is -2.38. The first kappa shape index (κ1) is 11.6. The third-order valence-electron chi connectivity index (χ3n) is 3.50. The van der Waals surface area contributed by atoms with E-state index in [9.17, 15) is 0 Å². The van der Waals surface area contributed by atoms with Gasteiger partial charge in [0.1, 0.15) is 0 Å². The molecule has 1 heterocycles. The number of likely N-dealkylation sites (tertiary alicyclic amines) is 1. The van der Waals surface area contributed by atoms with Gasteiger partial charge in [0.2, 0.25) is 0 Å². The van der Waals surface area contributed by atoms with Crippen LogP contribution in [0, 0.1) is 0 Å². The summed E-state index contributed by atoms with van der Waals surface area (Å²) in [5.74, 6) is 0. The summed E-state index contributed by atoms with van der Waals surface area (Å²) in [4.78, 5) is 2.55. The van der Waals surface area contributed by atoms with Crippen LogP contribution in [-0.4, -0.2) is 23.5 Å². The molecule has 1 fully saturated rings. The lowest BCUT2D eigenvalue weighted by molar-refractivity contribution is 0.123. The monoisotopic (exact) mass is 218 g/mol. The quantitative estimate of drug-likeness (QED) is 0.844. The summed E-state index contributed by atoms with van der Waals surface area (Å²) < 4.78 is 0. The van der Waals surface area contributed by atoms with E-state index in [2.05, 4.69) is 42.2 Å². The molecule has 1 aromatic rings. The van der Waals surface area contributed by atoms with E-state index in [4.69, 9.17) is 5.73 Å². The highest BCUT2D eigenvalue weighted by Gasteiger charge is 2.24. The zero-order valence-corrected chi connectivity index (χ0v) is 10.1. The molecule has 16 heavy (non-hydrogen) atoms. The lowest BCUT2D eigenvalue weighted by atomic mass is 9.96. The smallest absolute Gasteiger partial charge is 0.0248 e. The molecule has 0 spiro atoms. The molecule has 0 saturated carbocycles. The molecule has 0 radical (unpaired) electrons. The molecular formula is C14H22N2. The molecule has 1 aliphatic heterocycles. The van der Waals surface area contributed by atoms with Gasteiger partial charge in [-0.15, -0.1) is 0 Å². The van der Waals surface area contributed by atoms with Crippen LogP contribution in [-0.2, 0) is 6.54 Å². The van der Waals surface area contributed by atoms with Gasteiger partial charge in [-0.2, -0.15) is 0 Å². The second-order valence-corrected chi connectivity index (χ2v) is 4.88. The SMILES string of the molecule is C[C@H](N)C1CCCCN1Cc1ccccc1. The van der Waals surface area contributed by atoms with Gasteiger partial charge in [0.15, 0.2) is 0 Å². The average Bonchev–Trinajstić information content (AvgIpc) is 2.31. The predicted octanol–water partition coefficient (Wildman–Crippen LogP) is 2.39. The fourth-order valence-electron chi connectivity index (χ4n) is 2.63. The van der Waals surface area contributed by atoms with Gasteiger partial charge in [-0.3, -0.25) is 4.90 Å². The van der Waals surface area contributed by atoms with Crippen LogP contribution in [0.4, 0.5) is 0 Å². The summed E-state index contributed by atoms with van der Waals surface area (Å²) in [7, 11) is 0. The number of benzene rings is 1. The Kier molecular flexibility index (Phi) is 3.97. The van der Waals surface area contributed by atoms with E-state index in [0.717, 1.165) is 6.54 Å². The topological polar surface area (TPSA) is 29.3 Å². The number of rotatable bonds is 3. The van der Waals surface area contributed by atoms with Crippen LogP contribution in [0.3, 0.4) is 0 Å². The second kappa shape index (κ2) is 5.46. The van der Waals surface area contributed by atoms with Crippen LogP contribution in [0.1, 0.15) is 31.7 Å². The van der Waals surface area contributed by atoms with Gasteiger partial charge in [0.25, 0.3) is 0 Å². The average molecular weight is 218 g/mol. The van der Waals surface area contributed by atoms with Crippen LogP contribution in [0.2, 0.25) is 0 Å². The van der Waals surface area contributed by atoms with E-state index in [1.54, 1.807) is 0 Å². The minimum Gasteiger partial charge on any atom is -0.327 e. The zero-order valence-electron chi connectivity index (χ0n) is 10.1. The normalized spacial score (nSPS) is 24.2. The molecule has 1 aliphatic rings. The van der Waals surface area contributed by atoms with Gasteiger partial charge in [-0.25, -0.2) is 0 Å². The van der Waals surface area contributed by atoms with Crippen LogP contribution >= 0.6 is 0 Å². The molecule has 0 amide bonds. The summed E-state index contributed by atoms with van der Waals surface area (Å²) in [5.41, 5.74) is 7.47. The van der Waals surface area contributed by atoms with E-state index in [-0.39, 0.29) is 6.04 Å². The summed E-state index contributed by atoms with van der Waals surface area (Å²) in [5, 5.41) is 0. The van der Waals surface area contributed by atoms with E-state index in [1.165, 1.54) is 31.4 Å². The summed E-state index contributed by atoms with van der Waals surface area (Å²) in [6, 6.07) is 11.5. The van der Waals surface area contributed by atoms with Gasteiger partial charge in [-0.1, -0.05) is 36.8 Å². The lowest BCUT2D eigenvalue weighted by Crippen LogP contribution is -2.48. The van der Waals surface area contributed by atoms with Crippen molar-refractivity contribution in [1.82, 2.24) is 4.90 Å². The van der Waals surface area contributed by atoms with Crippen molar-refractivity contribution >= 4 is 0 Å². The summed E-state index contributed by atoms with van der Waals surface area (Å²) in [6.07, 6.45) is 3.90. The maximum atomic E-state index is 6.07. The van der Waals surface area contributed by atoms with E-state index in [1.807, 2.05) is 0 Å². The molecule has 0 bridgehead atoms. The van der Waals surface area contributed by atoms with Crippen molar-refractivity contribution in [3.8, 4) is 0 Å². The third-order valence-corrected chi connectivity index (χ3v) is 3.50. The minimum absolute atomic E-state index is 0.281. The van der Waals surface area contributed by atoms with Gasteiger partial charge >= 0.3 is 0 Å². The van der Waals surface area contributed by atoms with Gasteiger partial charge in [0.05, 0.1) is 0 Å². The number of nitrogens with zero attached hydrogens (tertiary/aromatic N) is 1. The van der Waals surface area contributed by atoms with Crippen molar-refractivity contribution in [2.75, 3.05) is 6.54 Å². The maximum Gasteiger partial charge on any atom is 0.0248 e. The third kappa shape index (κ3) is 2.83. The fraction of sp³-hybridized carbons (Fsp3) is 0.571. The van der Waals surface area contributed by atoms with Crippen LogP contribution in [0.5, 0.6) is 0 Å². The summed E-state index contributed by atoms with van der Waals surface area (Å²) >= 11 is 0. The minimum atomic E-state index is 0.281. The Morgan fingerprint density at radius 2 is 2.06 bits per heavy atom. The first-order valence-corrected chi connectivity index (χ1v) is 6.31. The number of hydrogen-bond acceptors (Lipinski definition) is 2. The molecule has 88 valence electrons. The Balaban J connectivity index is 2.01. The highest BCUT2D eigenvalue weighted by Crippen LogP contribution is 2.21. The van der Waals surface area contributed by atoms with E-state index >= 15 is 0 Å². The molecule has 2 atom stereocenters. The molecular weight excluding hydrogens is 196 g/mol. The van der Waals surface area contributed by atoms with Gasteiger partial charge < -0.3 is 5.73 Å². The largest absolute Gasteiger partial charge is 0.327 e.